The third-order valence-corrected chi connectivity index (χ3v) is 2.99. The lowest BCUT2D eigenvalue weighted by Crippen LogP contribution is -2.14. The molecule has 0 spiro atoms. The molecule has 1 aromatic carbocycles. The summed E-state index contributed by atoms with van der Waals surface area (Å²) < 4.78 is 27.4. The Balaban J connectivity index is 2.78. The number of hydrogen-bond donors (Lipinski definition) is 1. The predicted octanol–water partition coefficient (Wildman–Crippen LogP) is 4.31. The summed E-state index contributed by atoms with van der Waals surface area (Å²) in [5.41, 5.74) is 5.79. The minimum atomic E-state index is -0.573. The van der Waals surface area contributed by atoms with Crippen molar-refractivity contribution in [1.29, 1.82) is 0 Å². The van der Waals surface area contributed by atoms with Crippen molar-refractivity contribution < 1.29 is 8.78 Å². The molecule has 0 saturated carbocycles. The van der Waals surface area contributed by atoms with E-state index in [4.69, 9.17) is 5.73 Å². The second-order valence-corrected chi connectivity index (χ2v) is 4.80. The molecular weight excluding hydrogens is 276 g/mol. The number of hydrogen-bond acceptors (Lipinski definition) is 1. The van der Waals surface area contributed by atoms with Gasteiger partial charge in [0.05, 0.1) is 0 Å². The molecule has 0 fully saturated rings. The van der Waals surface area contributed by atoms with E-state index in [9.17, 15) is 8.78 Å². The van der Waals surface area contributed by atoms with E-state index in [1.54, 1.807) is 0 Å². The van der Waals surface area contributed by atoms with Crippen molar-refractivity contribution in [2.75, 3.05) is 0 Å². The molecule has 1 unspecified atom stereocenters. The summed E-state index contributed by atoms with van der Waals surface area (Å²) in [7, 11) is 0. The maximum absolute atomic E-state index is 13.5. The van der Waals surface area contributed by atoms with E-state index in [-0.39, 0.29) is 5.56 Å². The molecule has 0 bridgehead atoms. The molecule has 0 radical (unpaired) electrons. The van der Waals surface area contributed by atoms with Crippen molar-refractivity contribution >= 4 is 15.9 Å². The Morgan fingerprint density at radius 2 is 1.81 bits per heavy atom. The summed E-state index contributed by atoms with van der Waals surface area (Å²) in [6, 6.07) is 1.94. The zero-order valence-corrected chi connectivity index (χ0v) is 10.9. The highest BCUT2D eigenvalue weighted by Gasteiger charge is 2.17. The van der Waals surface area contributed by atoms with Crippen LogP contribution in [0.1, 0.15) is 44.2 Å². The normalized spacial score (nSPS) is 12.8. The fourth-order valence-corrected chi connectivity index (χ4v) is 2.07. The van der Waals surface area contributed by atoms with Crippen molar-refractivity contribution in [3.8, 4) is 0 Å². The molecule has 0 aromatic heterocycles. The molecule has 1 atom stereocenters. The first-order chi connectivity index (χ1) is 7.56. The summed E-state index contributed by atoms with van der Waals surface area (Å²) in [6.07, 6.45) is 3.61. The molecule has 1 aromatic rings. The summed E-state index contributed by atoms with van der Waals surface area (Å²) in [6.45, 7) is 2.08. The summed E-state index contributed by atoms with van der Waals surface area (Å²) in [4.78, 5) is 0. The third kappa shape index (κ3) is 3.52. The highest BCUT2D eigenvalue weighted by molar-refractivity contribution is 9.10. The summed E-state index contributed by atoms with van der Waals surface area (Å²) >= 11 is 3.04. The highest BCUT2D eigenvalue weighted by atomic mass is 79.9. The molecule has 2 N–H and O–H groups in total. The van der Waals surface area contributed by atoms with Crippen molar-refractivity contribution in [1.82, 2.24) is 0 Å². The van der Waals surface area contributed by atoms with Crippen LogP contribution in [-0.2, 0) is 0 Å². The molecule has 1 nitrogen and oxygen atoms in total. The van der Waals surface area contributed by atoms with Crippen molar-refractivity contribution in [2.45, 2.75) is 38.6 Å². The quantitative estimate of drug-likeness (QED) is 0.804. The van der Waals surface area contributed by atoms with Crippen LogP contribution < -0.4 is 5.73 Å². The maximum Gasteiger partial charge on any atom is 0.132 e. The SMILES string of the molecule is CCCCCC(N)c1c(F)cc(Br)cc1F. The lowest BCUT2D eigenvalue weighted by Gasteiger charge is -2.14. The number of halogens is 3. The number of nitrogens with two attached hydrogens (primary N) is 1. The molecule has 0 aliphatic heterocycles. The Morgan fingerprint density at radius 1 is 1.25 bits per heavy atom. The van der Waals surface area contributed by atoms with Crippen molar-refractivity contribution in [2.24, 2.45) is 5.73 Å². The van der Waals surface area contributed by atoms with E-state index >= 15 is 0 Å². The Morgan fingerprint density at radius 3 is 2.31 bits per heavy atom. The zero-order valence-electron chi connectivity index (χ0n) is 9.27. The smallest absolute Gasteiger partial charge is 0.132 e. The van der Waals surface area contributed by atoms with Gasteiger partial charge in [-0.15, -0.1) is 0 Å². The van der Waals surface area contributed by atoms with E-state index in [1.165, 1.54) is 12.1 Å². The monoisotopic (exact) mass is 291 g/mol. The van der Waals surface area contributed by atoms with Crippen LogP contribution in [0.25, 0.3) is 0 Å². The van der Waals surface area contributed by atoms with Gasteiger partial charge < -0.3 is 5.73 Å². The van der Waals surface area contributed by atoms with Crippen LogP contribution in [0, 0.1) is 11.6 Å². The number of unbranched alkanes of at least 4 members (excludes halogenated alkanes) is 2. The summed E-state index contributed by atoms with van der Waals surface area (Å²) in [5, 5.41) is 0. The molecule has 0 amide bonds. The molecule has 90 valence electrons. The average molecular weight is 292 g/mol. The Bertz CT molecular complexity index is 332. The van der Waals surface area contributed by atoms with Gasteiger partial charge in [-0.25, -0.2) is 8.78 Å². The van der Waals surface area contributed by atoms with Gasteiger partial charge in [0, 0.05) is 16.1 Å². The van der Waals surface area contributed by atoms with Gasteiger partial charge in [0.15, 0.2) is 0 Å². The topological polar surface area (TPSA) is 26.0 Å². The van der Waals surface area contributed by atoms with Crippen LogP contribution >= 0.6 is 15.9 Å². The highest BCUT2D eigenvalue weighted by Crippen LogP contribution is 2.26. The van der Waals surface area contributed by atoms with Gasteiger partial charge in [0.1, 0.15) is 11.6 Å². The van der Waals surface area contributed by atoms with Crippen molar-refractivity contribution in [3.63, 3.8) is 0 Å². The lowest BCUT2D eigenvalue weighted by molar-refractivity contribution is 0.497. The third-order valence-electron chi connectivity index (χ3n) is 2.53. The lowest BCUT2D eigenvalue weighted by atomic mass is 10.0. The largest absolute Gasteiger partial charge is 0.324 e. The second kappa shape index (κ2) is 6.30. The van der Waals surface area contributed by atoms with Crippen LogP contribution in [0.3, 0.4) is 0 Å². The van der Waals surface area contributed by atoms with Gasteiger partial charge in [0.25, 0.3) is 0 Å². The number of rotatable bonds is 5. The molecule has 0 heterocycles. The molecular formula is C12H16BrF2N. The van der Waals surface area contributed by atoms with Gasteiger partial charge in [0.2, 0.25) is 0 Å². The van der Waals surface area contributed by atoms with Gasteiger partial charge in [-0.3, -0.25) is 0 Å². The maximum atomic E-state index is 13.5. The van der Waals surface area contributed by atoms with Gasteiger partial charge >= 0.3 is 0 Å². The van der Waals surface area contributed by atoms with E-state index in [1.807, 2.05) is 0 Å². The van der Waals surface area contributed by atoms with Crippen LogP contribution in [0.5, 0.6) is 0 Å². The van der Waals surface area contributed by atoms with E-state index in [2.05, 4.69) is 22.9 Å². The predicted molar refractivity (Wildman–Crippen MR) is 65.1 cm³/mol. The molecule has 0 saturated heterocycles. The standard InChI is InChI=1S/C12H16BrF2N/c1-2-3-4-5-11(16)12-9(14)6-8(13)7-10(12)15/h6-7,11H,2-5,16H2,1H3. The zero-order chi connectivity index (χ0) is 12.1. The van der Waals surface area contributed by atoms with Gasteiger partial charge in [-0.2, -0.15) is 0 Å². The van der Waals surface area contributed by atoms with E-state index in [0.717, 1.165) is 19.3 Å². The fraction of sp³-hybridized carbons (Fsp3) is 0.500. The minimum absolute atomic E-state index is 0.000645. The Kier molecular flexibility index (Phi) is 5.35. The van der Waals surface area contributed by atoms with E-state index < -0.39 is 17.7 Å². The minimum Gasteiger partial charge on any atom is -0.324 e. The van der Waals surface area contributed by atoms with Crippen LogP contribution in [0.2, 0.25) is 0 Å². The molecule has 4 heteroatoms. The fourth-order valence-electron chi connectivity index (χ4n) is 1.67. The molecule has 16 heavy (non-hydrogen) atoms. The summed E-state index contributed by atoms with van der Waals surface area (Å²) in [5.74, 6) is -1.15. The molecule has 1 rings (SSSR count). The van der Waals surface area contributed by atoms with Crippen LogP contribution in [0.4, 0.5) is 8.78 Å². The van der Waals surface area contributed by atoms with Crippen molar-refractivity contribution in [3.05, 3.63) is 33.8 Å². The Hall–Kier alpha value is -0.480. The molecule has 0 aliphatic carbocycles. The Labute approximate surface area is 103 Å². The number of benzene rings is 1. The molecule has 0 aliphatic rings. The van der Waals surface area contributed by atoms with Crippen LogP contribution in [-0.4, -0.2) is 0 Å². The first-order valence-electron chi connectivity index (χ1n) is 5.46. The van der Waals surface area contributed by atoms with Crippen LogP contribution in [0.15, 0.2) is 16.6 Å². The average Bonchev–Trinajstić information content (AvgIpc) is 2.16. The first-order valence-corrected chi connectivity index (χ1v) is 6.25. The second-order valence-electron chi connectivity index (χ2n) is 3.89. The first kappa shape index (κ1) is 13.6. The van der Waals surface area contributed by atoms with E-state index in [0.29, 0.717) is 10.9 Å². The van der Waals surface area contributed by atoms with Gasteiger partial charge in [-0.05, 0) is 18.6 Å². The van der Waals surface area contributed by atoms with Gasteiger partial charge in [-0.1, -0.05) is 42.1 Å².